The molecule has 0 amide bonds. The van der Waals surface area contributed by atoms with Crippen LogP contribution in [0.15, 0.2) is 12.3 Å². The van der Waals surface area contributed by atoms with E-state index in [9.17, 15) is 0 Å². The summed E-state index contributed by atoms with van der Waals surface area (Å²) < 4.78 is 5.58. The highest BCUT2D eigenvalue weighted by atomic mass is 16.5. The van der Waals surface area contributed by atoms with Crippen LogP contribution in [0.4, 0.5) is 0 Å². The summed E-state index contributed by atoms with van der Waals surface area (Å²) in [6, 6.07) is -0.0424. The van der Waals surface area contributed by atoms with E-state index in [0.29, 0.717) is 11.7 Å². The molecule has 0 saturated carbocycles. The van der Waals surface area contributed by atoms with E-state index in [2.05, 4.69) is 20.4 Å². The molecule has 0 aliphatic carbocycles. The first-order chi connectivity index (χ1) is 5.72. The second-order valence-corrected chi connectivity index (χ2v) is 4.92. The van der Waals surface area contributed by atoms with E-state index in [1.54, 1.807) is 0 Å². The van der Waals surface area contributed by atoms with Gasteiger partial charge in [-0.25, -0.2) is 0 Å². The third-order valence-corrected chi connectivity index (χ3v) is 1.58. The molecule has 0 bridgehead atoms. The van der Waals surface area contributed by atoms with Gasteiger partial charge in [0.05, 0.1) is 6.04 Å². The second kappa shape index (κ2) is 4.66. The van der Waals surface area contributed by atoms with Gasteiger partial charge in [-0.05, 0) is 33.1 Å². The zero-order chi connectivity index (χ0) is 10.6. The number of hydrogen-bond donors (Lipinski definition) is 1. The van der Waals surface area contributed by atoms with E-state index >= 15 is 0 Å². The van der Waals surface area contributed by atoms with Crippen LogP contribution in [0.3, 0.4) is 0 Å². The van der Waals surface area contributed by atoms with Crippen LogP contribution in [-0.2, 0) is 4.74 Å². The summed E-state index contributed by atoms with van der Waals surface area (Å²) in [5.41, 5.74) is 5.71. The van der Waals surface area contributed by atoms with Crippen LogP contribution in [0.25, 0.3) is 0 Å². The minimum absolute atomic E-state index is 0.0424. The molecule has 0 fully saturated rings. The smallest absolute Gasteiger partial charge is 0.106 e. The van der Waals surface area contributed by atoms with Gasteiger partial charge in [-0.15, -0.1) is 0 Å². The normalized spacial score (nSPS) is 14.4. The van der Waals surface area contributed by atoms with Crippen LogP contribution in [0.2, 0.25) is 0 Å². The second-order valence-electron chi connectivity index (χ2n) is 4.92. The lowest BCUT2D eigenvalue weighted by atomic mass is 10.0. The molecule has 0 radical (unpaired) electrons. The Morgan fingerprint density at radius 3 is 2.15 bits per heavy atom. The molecular formula is C11H23NO. The monoisotopic (exact) mass is 185 g/mol. The lowest BCUT2D eigenvalue weighted by Gasteiger charge is -2.26. The molecule has 0 spiro atoms. The minimum atomic E-state index is -0.189. The third-order valence-electron chi connectivity index (χ3n) is 1.58. The molecule has 2 nitrogen and oxygen atoms in total. The molecular weight excluding hydrogens is 162 g/mol. The van der Waals surface area contributed by atoms with Crippen molar-refractivity contribution in [1.29, 1.82) is 0 Å². The summed E-state index contributed by atoms with van der Waals surface area (Å²) in [6.07, 6.45) is 0.926. The number of rotatable bonds is 4. The van der Waals surface area contributed by atoms with Crippen molar-refractivity contribution in [2.45, 2.75) is 52.7 Å². The number of nitrogens with two attached hydrogens (primary N) is 1. The molecule has 0 heterocycles. The van der Waals surface area contributed by atoms with Crippen LogP contribution >= 0.6 is 0 Å². The average molecular weight is 185 g/mol. The van der Waals surface area contributed by atoms with Gasteiger partial charge in [-0.3, -0.25) is 0 Å². The first kappa shape index (κ1) is 12.5. The summed E-state index contributed by atoms with van der Waals surface area (Å²) in [5, 5.41) is 0. The van der Waals surface area contributed by atoms with Gasteiger partial charge >= 0.3 is 0 Å². The van der Waals surface area contributed by atoms with Gasteiger partial charge in [-0.1, -0.05) is 20.4 Å². The molecule has 78 valence electrons. The van der Waals surface area contributed by atoms with Crippen molar-refractivity contribution < 1.29 is 4.74 Å². The Kier molecular flexibility index (Phi) is 4.48. The fourth-order valence-corrected chi connectivity index (χ4v) is 1.11. The summed E-state index contributed by atoms with van der Waals surface area (Å²) in [4.78, 5) is 0. The van der Waals surface area contributed by atoms with Gasteiger partial charge in [0.2, 0.25) is 0 Å². The molecule has 2 N–H and O–H groups in total. The molecule has 0 aromatic carbocycles. The summed E-state index contributed by atoms with van der Waals surface area (Å²) in [6.45, 7) is 14.1. The molecule has 0 saturated heterocycles. The van der Waals surface area contributed by atoms with Crippen LogP contribution in [-0.4, -0.2) is 11.6 Å². The highest BCUT2D eigenvalue weighted by molar-refractivity contribution is 4.97. The lowest BCUT2D eigenvalue weighted by Crippen LogP contribution is -2.30. The molecule has 0 rings (SSSR count). The third kappa shape index (κ3) is 6.64. The van der Waals surface area contributed by atoms with Crippen molar-refractivity contribution >= 4 is 0 Å². The fraction of sp³-hybridized carbons (Fsp3) is 0.818. The van der Waals surface area contributed by atoms with E-state index in [4.69, 9.17) is 10.5 Å². The van der Waals surface area contributed by atoms with E-state index in [0.717, 1.165) is 6.42 Å². The van der Waals surface area contributed by atoms with E-state index < -0.39 is 0 Å². The van der Waals surface area contributed by atoms with Crippen molar-refractivity contribution in [2.24, 2.45) is 11.7 Å². The fourth-order valence-electron chi connectivity index (χ4n) is 1.11. The molecule has 0 aromatic heterocycles. The molecule has 1 atom stereocenters. The summed E-state index contributed by atoms with van der Waals surface area (Å²) >= 11 is 0. The maximum Gasteiger partial charge on any atom is 0.106 e. The first-order valence-electron chi connectivity index (χ1n) is 4.86. The SMILES string of the molecule is C=C(OC(C)(C)C)C(N)CC(C)C. The quantitative estimate of drug-likeness (QED) is 0.683. The van der Waals surface area contributed by atoms with Crippen molar-refractivity contribution in [3.8, 4) is 0 Å². The number of hydrogen-bond acceptors (Lipinski definition) is 2. The average Bonchev–Trinajstić information content (AvgIpc) is 1.81. The van der Waals surface area contributed by atoms with Crippen LogP contribution < -0.4 is 5.73 Å². The first-order valence-corrected chi connectivity index (χ1v) is 4.86. The molecule has 2 heteroatoms. The van der Waals surface area contributed by atoms with E-state index in [-0.39, 0.29) is 11.6 Å². The summed E-state index contributed by atoms with van der Waals surface area (Å²) in [7, 11) is 0. The van der Waals surface area contributed by atoms with Crippen molar-refractivity contribution in [3.05, 3.63) is 12.3 Å². The minimum Gasteiger partial charge on any atom is -0.491 e. The lowest BCUT2D eigenvalue weighted by molar-refractivity contribution is 0.0418. The Bertz CT molecular complexity index is 167. The van der Waals surface area contributed by atoms with Gasteiger partial charge in [0.25, 0.3) is 0 Å². The van der Waals surface area contributed by atoms with Crippen LogP contribution in [0.1, 0.15) is 41.0 Å². The van der Waals surface area contributed by atoms with E-state index in [1.807, 2.05) is 20.8 Å². The Morgan fingerprint density at radius 2 is 1.85 bits per heavy atom. The zero-order valence-corrected chi connectivity index (χ0v) is 9.55. The van der Waals surface area contributed by atoms with Crippen LogP contribution in [0.5, 0.6) is 0 Å². The van der Waals surface area contributed by atoms with Gasteiger partial charge < -0.3 is 10.5 Å². The van der Waals surface area contributed by atoms with Crippen molar-refractivity contribution in [1.82, 2.24) is 0 Å². The highest BCUT2D eigenvalue weighted by Crippen LogP contribution is 2.17. The van der Waals surface area contributed by atoms with Crippen LogP contribution in [0, 0.1) is 5.92 Å². The predicted octanol–water partition coefficient (Wildman–Crippen LogP) is 2.69. The zero-order valence-electron chi connectivity index (χ0n) is 9.55. The topological polar surface area (TPSA) is 35.2 Å². The van der Waals surface area contributed by atoms with E-state index in [1.165, 1.54) is 0 Å². The van der Waals surface area contributed by atoms with Gasteiger partial charge in [0, 0.05) is 0 Å². The Labute approximate surface area is 82.2 Å². The van der Waals surface area contributed by atoms with Crippen molar-refractivity contribution in [2.75, 3.05) is 0 Å². The molecule has 0 aliphatic rings. The molecule has 0 aromatic rings. The van der Waals surface area contributed by atoms with Gasteiger partial charge in [0.1, 0.15) is 11.4 Å². The highest BCUT2D eigenvalue weighted by Gasteiger charge is 2.17. The maximum absolute atomic E-state index is 5.90. The van der Waals surface area contributed by atoms with Gasteiger partial charge in [0.15, 0.2) is 0 Å². The summed E-state index contributed by atoms with van der Waals surface area (Å²) in [5.74, 6) is 1.27. The number of ether oxygens (including phenoxy) is 1. The van der Waals surface area contributed by atoms with Crippen molar-refractivity contribution in [3.63, 3.8) is 0 Å². The Balaban J connectivity index is 3.97. The Hall–Kier alpha value is -0.500. The largest absolute Gasteiger partial charge is 0.491 e. The van der Waals surface area contributed by atoms with Gasteiger partial charge in [-0.2, -0.15) is 0 Å². The maximum atomic E-state index is 5.90. The molecule has 0 aliphatic heterocycles. The molecule has 13 heavy (non-hydrogen) atoms. The Morgan fingerprint density at radius 1 is 1.38 bits per heavy atom. The predicted molar refractivity (Wildman–Crippen MR) is 57.4 cm³/mol. The molecule has 1 unspecified atom stereocenters. The standard InChI is InChI=1S/C11H23NO/c1-8(2)7-10(12)9(3)13-11(4,5)6/h8,10H,3,7,12H2,1-2,4-6H3.